The van der Waals surface area contributed by atoms with Gasteiger partial charge in [-0.1, -0.05) is 18.2 Å². The van der Waals surface area contributed by atoms with E-state index in [9.17, 15) is 4.79 Å². The summed E-state index contributed by atoms with van der Waals surface area (Å²) in [6.45, 7) is 5.61. The highest BCUT2D eigenvalue weighted by atomic mass is 16.1. The van der Waals surface area contributed by atoms with Crippen LogP contribution in [0, 0.1) is 0 Å². The number of hydrogen-bond donors (Lipinski definition) is 0. The van der Waals surface area contributed by atoms with Gasteiger partial charge in [0.1, 0.15) is 0 Å². The van der Waals surface area contributed by atoms with Gasteiger partial charge in [-0.25, -0.2) is 0 Å². The fourth-order valence-electron chi connectivity index (χ4n) is 1.31. The van der Waals surface area contributed by atoms with Crippen molar-refractivity contribution in [3.63, 3.8) is 0 Å². The van der Waals surface area contributed by atoms with E-state index in [1.54, 1.807) is 6.08 Å². The van der Waals surface area contributed by atoms with Crippen molar-refractivity contribution >= 4 is 5.78 Å². The monoisotopic (exact) mass is 136 g/mol. The van der Waals surface area contributed by atoms with Gasteiger partial charge in [0.15, 0.2) is 5.78 Å². The number of rotatable bonds is 1. The third-order valence-electron chi connectivity index (χ3n) is 1.92. The lowest BCUT2D eigenvalue weighted by Gasteiger charge is -2.12. The number of Topliss-reactive ketones (excluding diaryl/α,β-unsaturated/α-hetero) is 1. The molecular weight excluding hydrogens is 124 g/mol. The average Bonchev–Trinajstić information content (AvgIpc) is 1.88. The predicted octanol–water partition coefficient (Wildman–Crippen LogP) is 2.24. The predicted molar refractivity (Wildman–Crippen MR) is 41.8 cm³/mol. The molecule has 0 unspecified atom stereocenters. The van der Waals surface area contributed by atoms with E-state index in [2.05, 4.69) is 6.58 Å². The molecule has 1 nitrogen and oxygen atoms in total. The maximum absolute atomic E-state index is 11.1. The molecule has 10 heavy (non-hydrogen) atoms. The second-order valence-corrected chi connectivity index (χ2v) is 2.67. The first-order chi connectivity index (χ1) is 4.75. The minimum atomic E-state index is 0.263. The second kappa shape index (κ2) is 2.82. The minimum absolute atomic E-state index is 0.263. The van der Waals surface area contributed by atoms with E-state index in [1.165, 1.54) is 5.57 Å². The first kappa shape index (κ1) is 7.26. The van der Waals surface area contributed by atoms with Crippen LogP contribution in [-0.4, -0.2) is 5.78 Å². The molecule has 0 spiro atoms. The first-order valence-corrected chi connectivity index (χ1v) is 3.61. The van der Waals surface area contributed by atoms with Gasteiger partial charge in [0.2, 0.25) is 0 Å². The number of carbonyl (C=O) groups is 1. The van der Waals surface area contributed by atoms with Crippen LogP contribution in [0.3, 0.4) is 0 Å². The molecule has 1 rings (SSSR count). The molecule has 1 aliphatic carbocycles. The Labute approximate surface area is 61.4 Å². The third kappa shape index (κ3) is 1.18. The van der Waals surface area contributed by atoms with Crippen molar-refractivity contribution in [3.8, 4) is 0 Å². The van der Waals surface area contributed by atoms with Crippen LogP contribution in [0.15, 0.2) is 23.8 Å². The van der Waals surface area contributed by atoms with Gasteiger partial charge in [0, 0.05) is 12.0 Å². The maximum atomic E-state index is 11.1. The molecule has 0 heterocycles. The van der Waals surface area contributed by atoms with Gasteiger partial charge in [0.05, 0.1) is 0 Å². The summed E-state index contributed by atoms with van der Waals surface area (Å²) in [6, 6.07) is 0. The van der Waals surface area contributed by atoms with E-state index >= 15 is 0 Å². The maximum Gasteiger partial charge on any atom is 0.162 e. The molecule has 0 amide bonds. The summed E-state index contributed by atoms with van der Waals surface area (Å²) in [7, 11) is 0. The van der Waals surface area contributed by atoms with Crippen LogP contribution in [0.4, 0.5) is 0 Å². The van der Waals surface area contributed by atoms with Gasteiger partial charge in [0.25, 0.3) is 0 Å². The Morgan fingerprint density at radius 3 is 2.60 bits per heavy atom. The van der Waals surface area contributed by atoms with Crippen LogP contribution in [0.25, 0.3) is 0 Å². The molecule has 0 radical (unpaired) electrons. The molecule has 1 heteroatoms. The van der Waals surface area contributed by atoms with E-state index in [4.69, 9.17) is 0 Å². The number of hydrogen-bond acceptors (Lipinski definition) is 1. The smallest absolute Gasteiger partial charge is 0.162 e. The van der Waals surface area contributed by atoms with Gasteiger partial charge in [-0.15, -0.1) is 0 Å². The second-order valence-electron chi connectivity index (χ2n) is 2.67. The topological polar surface area (TPSA) is 17.1 Å². The van der Waals surface area contributed by atoms with Gasteiger partial charge >= 0.3 is 0 Å². The minimum Gasteiger partial charge on any atom is -0.294 e. The van der Waals surface area contributed by atoms with Crippen LogP contribution in [0.5, 0.6) is 0 Å². The lowest BCUT2D eigenvalue weighted by molar-refractivity contribution is -0.115. The summed E-state index contributed by atoms with van der Waals surface area (Å²) in [4.78, 5) is 11.1. The van der Waals surface area contributed by atoms with Crippen molar-refractivity contribution in [1.29, 1.82) is 0 Å². The quantitative estimate of drug-likeness (QED) is 0.540. The largest absolute Gasteiger partial charge is 0.294 e. The standard InChI is InChI=1S/C9H12O/c1-3-8-7(2)5-4-6-9(8)10/h3H,1,4-6H2,2H3. The fraction of sp³-hybridized carbons (Fsp3) is 0.444. The Bertz CT molecular complexity index is 199. The molecule has 0 aliphatic heterocycles. The zero-order chi connectivity index (χ0) is 7.56. The van der Waals surface area contributed by atoms with Crippen LogP contribution in [0.1, 0.15) is 26.2 Å². The highest BCUT2D eigenvalue weighted by Gasteiger charge is 2.13. The summed E-state index contributed by atoms with van der Waals surface area (Å²) in [6.07, 6.45) is 4.46. The van der Waals surface area contributed by atoms with Crippen molar-refractivity contribution in [3.05, 3.63) is 23.8 Å². The van der Waals surface area contributed by atoms with Crippen molar-refractivity contribution in [2.24, 2.45) is 0 Å². The lowest BCUT2D eigenvalue weighted by atomic mass is 9.92. The summed E-state index contributed by atoms with van der Waals surface area (Å²) < 4.78 is 0. The lowest BCUT2D eigenvalue weighted by Crippen LogP contribution is -2.07. The number of carbonyl (C=O) groups excluding carboxylic acids is 1. The molecule has 0 aromatic rings. The molecular formula is C9H12O. The average molecular weight is 136 g/mol. The molecule has 54 valence electrons. The molecule has 0 fully saturated rings. The van der Waals surface area contributed by atoms with Gasteiger partial charge < -0.3 is 0 Å². The highest BCUT2D eigenvalue weighted by molar-refractivity contribution is 5.99. The Kier molecular flexibility index (Phi) is 2.05. The van der Waals surface area contributed by atoms with Gasteiger partial charge in [-0.3, -0.25) is 4.79 Å². The highest BCUT2D eigenvalue weighted by Crippen LogP contribution is 2.21. The van der Waals surface area contributed by atoms with Crippen molar-refractivity contribution in [1.82, 2.24) is 0 Å². The van der Waals surface area contributed by atoms with Crippen LogP contribution in [-0.2, 0) is 4.79 Å². The SMILES string of the molecule is C=CC1=C(C)CCCC1=O. The molecule has 0 saturated carbocycles. The van der Waals surface area contributed by atoms with E-state index in [1.807, 2.05) is 6.92 Å². The molecule has 1 aliphatic rings. The summed E-state index contributed by atoms with van der Waals surface area (Å²) in [5.41, 5.74) is 2.05. The van der Waals surface area contributed by atoms with E-state index in [0.29, 0.717) is 6.42 Å². The molecule has 0 saturated heterocycles. The van der Waals surface area contributed by atoms with Crippen LogP contribution >= 0.6 is 0 Å². The van der Waals surface area contributed by atoms with Crippen LogP contribution in [0.2, 0.25) is 0 Å². The zero-order valence-corrected chi connectivity index (χ0v) is 6.31. The van der Waals surface area contributed by atoms with Crippen molar-refractivity contribution in [2.75, 3.05) is 0 Å². The summed E-state index contributed by atoms with van der Waals surface area (Å²) in [5, 5.41) is 0. The Morgan fingerprint density at radius 1 is 1.50 bits per heavy atom. The normalized spacial score (nSPS) is 19.5. The summed E-state index contributed by atoms with van der Waals surface area (Å²) in [5.74, 6) is 0.263. The zero-order valence-electron chi connectivity index (χ0n) is 6.31. The third-order valence-corrected chi connectivity index (χ3v) is 1.92. The van der Waals surface area contributed by atoms with E-state index in [-0.39, 0.29) is 5.78 Å². The molecule has 0 N–H and O–H groups in total. The van der Waals surface area contributed by atoms with Crippen molar-refractivity contribution in [2.45, 2.75) is 26.2 Å². The molecule has 0 atom stereocenters. The number of allylic oxidation sites excluding steroid dienone is 3. The van der Waals surface area contributed by atoms with Crippen LogP contribution < -0.4 is 0 Å². The number of ketones is 1. The van der Waals surface area contributed by atoms with Gasteiger partial charge in [-0.05, 0) is 19.8 Å². The van der Waals surface area contributed by atoms with Crippen molar-refractivity contribution < 1.29 is 4.79 Å². The molecule has 0 bridgehead atoms. The molecule has 0 aromatic heterocycles. The Hall–Kier alpha value is -0.850. The van der Waals surface area contributed by atoms with E-state index < -0.39 is 0 Å². The molecule has 0 aromatic carbocycles. The van der Waals surface area contributed by atoms with Gasteiger partial charge in [-0.2, -0.15) is 0 Å². The first-order valence-electron chi connectivity index (χ1n) is 3.61. The fourth-order valence-corrected chi connectivity index (χ4v) is 1.31. The van der Waals surface area contributed by atoms with E-state index in [0.717, 1.165) is 18.4 Å². The Balaban J connectivity index is 2.94. The Morgan fingerprint density at radius 2 is 2.20 bits per heavy atom. The summed E-state index contributed by atoms with van der Waals surface area (Å²) >= 11 is 0.